The van der Waals surface area contributed by atoms with Crippen LogP contribution in [0, 0.1) is 0 Å². The van der Waals surface area contributed by atoms with Gasteiger partial charge in [0.2, 0.25) is 0 Å². The summed E-state index contributed by atoms with van der Waals surface area (Å²) in [5, 5.41) is 18.6. The van der Waals surface area contributed by atoms with Gasteiger partial charge in [0, 0.05) is 0 Å². The monoisotopic (exact) mass is 512 g/mol. The summed E-state index contributed by atoms with van der Waals surface area (Å²) in [4.78, 5) is 0. The number of hydrogen-bond donors (Lipinski definition) is 2. The van der Waals surface area contributed by atoms with E-state index in [1.165, 1.54) is 22.3 Å². The molecule has 4 aromatic rings. The molecule has 0 saturated heterocycles. The lowest BCUT2D eigenvalue weighted by Gasteiger charge is -2.42. The van der Waals surface area contributed by atoms with Crippen molar-refractivity contribution in [3.05, 3.63) is 118 Å². The van der Waals surface area contributed by atoms with Crippen LogP contribution in [-0.2, 0) is 11.8 Å². The number of aliphatic hydroxyl groups is 2. The Morgan fingerprint density at radius 2 is 1.05 bits per heavy atom. The van der Waals surface area contributed by atoms with Crippen molar-refractivity contribution in [2.75, 3.05) is 40.6 Å². The molecule has 196 valence electrons. The minimum absolute atomic E-state index is 0.0832. The van der Waals surface area contributed by atoms with Crippen LogP contribution < -0.4 is 18.9 Å². The van der Waals surface area contributed by atoms with Crippen LogP contribution in [0.3, 0.4) is 0 Å². The number of benzene rings is 4. The minimum Gasteiger partial charge on any atom is -0.493 e. The number of methoxy groups -OCH3 is 2. The predicted octanol–water partition coefficient (Wildman–Crippen LogP) is 4.73. The van der Waals surface area contributed by atoms with E-state index in [2.05, 4.69) is 60.7 Å². The van der Waals surface area contributed by atoms with Crippen LogP contribution in [0.5, 0.6) is 23.0 Å². The van der Waals surface area contributed by atoms with Gasteiger partial charge in [-0.1, -0.05) is 60.7 Å². The SMILES string of the molecule is COc1cc(C2(c3ccc(OCCO)c(OC)c3)c3ccccc3Cc3ccccc32)ccc1OCCO. The van der Waals surface area contributed by atoms with Gasteiger partial charge in [0.25, 0.3) is 0 Å². The fraction of sp³-hybridized carbons (Fsp3) is 0.250. The fourth-order valence-electron chi connectivity index (χ4n) is 5.57. The molecule has 0 heterocycles. The van der Waals surface area contributed by atoms with E-state index in [9.17, 15) is 10.2 Å². The van der Waals surface area contributed by atoms with Crippen molar-refractivity contribution in [2.24, 2.45) is 0 Å². The summed E-state index contributed by atoms with van der Waals surface area (Å²) in [6.45, 7) is 0.193. The molecular weight excluding hydrogens is 480 g/mol. The summed E-state index contributed by atoms with van der Waals surface area (Å²) < 4.78 is 23.0. The second-order valence-corrected chi connectivity index (χ2v) is 9.12. The van der Waals surface area contributed by atoms with Gasteiger partial charge in [-0.2, -0.15) is 0 Å². The summed E-state index contributed by atoms with van der Waals surface area (Å²) in [5.74, 6) is 2.32. The molecule has 0 fully saturated rings. The van der Waals surface area contributed by atoms with Gasteiger partial charge in [0.15, 0.2) is 23.0 Å². The molecule has 0 atom stereocenters. The van der Waals surface area contributed by atoms with Gasteiger partial charge in [-0.15, -0.1) is 0 Å². The number of rotatable bonds is 10. The Labute approximate surface area is 223 Å². The van der Waals surface area contributed by atoms with Crippen molar-refractivity contribution in [1.29, 1.82) is 0 Å². The average molecular weight is 513 g/mol. The smallest absolute Gasteiger partial charge is 0.161 e. The maximum absolute atomic E-state index is 9.28. The molecule has 4 aromatic carbocycles. The number of aliphatic hydroxyl groups excluding tert-OH is 2. The molecular formula is C32H32O6. The molecule has 0 aromatic heterocycles. The minimum atomic E-state index is -0.684. The highest BCUT2D eigenvalue weighted by Gasteiger charge is 2.44. The Morgan fingerprint density at radius 3 is 1.47 bits per heavy atom. The van der Waals surface area contributed by atoms with Crippen molar-refractivity contribution < 1.29 is 29.2 Å². The van der Waals surface area contributed by atoms with E-state index in [1.54, 1.807) is 14.2 Å². The topological polar surface area (TPSA) is 77.4 Å². The highest BCUT2D eigenvalue weighted by Crippen LogP contribution is 2.53. The molecule has 5 rings (SSSR count). The Hall–Kier alpha value is -4.00. The molecule has 38 heavy (non-hydrogen) atoms. The summed E-state index contributed by atoms with van der Waals surface area (Å²) in [7, 11) is 3.24. The van der Waals surface area contributed by atoms with Gasteiger partial charge in [-0.25, -0.2) is 0 Å². The number of hydrogen-bond acceptors (Lipinski definition) is 6. The highest BCUT2D eigenvalue weighted by molar-refractivity contribution is 5.69. The zero-order valence-corrected chi connectivity index (χ0v) is 21.6. The molecule has 0 spiro atoms. The molecule has 1 aliphatic rings. The molecule has 1 aliphatic carbocycles. The van der Waals surface area contributed by atoms with Gasteiger partial charge in [-0.05, 0) is 64.1 Å². The van der Waals surface area contributed by atoms with Gasteiger partial charge in [0.1, 0.15) is 13.2 Å². The molecule has 6 heteroatoms. The third-order valence-corrected chi connectivity index (χ3v) is 7.11. The highest BCUT2D eigenvalue weighted by atomic mass is 16.5. The van der Waals surface area contributed by atoms with Gasteiger partial charge in [-0.3, -0.25) is 0 Å². The first-order valence-corrected chi connectivity index (χ1v) is 12.7. The molecule has 0 amide bonds. The van der Waals surface area contributed by atoms with Crippen LogP contribution >= 0.6 is 0 Å². The van der Waals surface area contributed by atoms with Crippen molar-refractivity contribution >= 4 is 0 Å². The Morgan fingerprint density at radius 1 is 0.605 bits per heavy atom. The van der Waals surface area contributed by atoms with Crippen LogP contribution in [0.2, 0.25) is 0 Å². The van der Waals surface area contributed by atoms with Gasteiger partial charge >= 0.3 is 0 Å². The van der Waals surface area contributed by atoms with Crippen molar-refractivity contribution in [3.63, 3.8) is 0 Å². The van der Waals surface area contributed by atoms with Crippen LogP contribution in [0.1, 0.15) is 33.4 Å². The zero-order valence-electron chi connectivity index (χ0n) is 21.6. The maximum Gasteiger partial charge on any atom is 0.161 e. The van der Waals surface area contributed by atoms with Crippen molar-refractivity contribution in [2.45, 2.75) is 11.8 Å². The van der Waals surface area contributed by atoms with Crippen LogP contribution in [0.25, 0.3) is 0 Å². The summed E-state index contributed by atoms with van der Waals surface area (Å²) in [5.41, 5.74) is 6.17. The molecule has 0 bridgehead atoms. The Balaban J connectivity index is 1.83. The molecule has 0 unspecified atom stereocenters. The van der Waals surface area contributed by atoms with E-state index < -0.39 is 5.41 Å². The lowest BCUT2D eigenvalue weighted by molar-refractivity contribution is 0.196. The van der Waals surface area contributed by atoms with Crippen LogP contribution in [0.15, 0.2) is 84.9 Å². The predicted molar refractivity (Wildman–Crippen MR) is 146 cm³/mol. The van der Waals surface area contributed by atoms with Crippen molar-refractivity contribution in [3.8, 4) is 23.0 Å². The first-order valence-electron chi connectivity index (χ1n) is 12.7. The second-order valence-electron chi connectivity index (χ2n) is 9.12. The third kappa shape index (κ3) is 4.36. The van der Waals surface area contributed by atoms with E-state index >= 15 is 0 Å². The molecule has 0 saturated carbocycles. The lowest BCUT2D eigenvalue weighted by Crippen LogP contribution is -2.36. The quantitative estimate of drug-likeness (QED) is 0.282. The summed E-state index contributed by atoms with van der Waals surface area (Å²) in [6, 6.07) is 29.1. The molecule has 2 N–H and O–H groups in total. The molecule has 0 radical (unpaired) electrons. The normalized spacial score (nSPS) is 13.3. The standard InChI is InChI=1S/C32H32O6/c1-35-30-20-24(11-13-28(30)37-17-15-33)32(25-12-14-29(38-18-16-34)31(21-25)36-2)26-9-5-3-7-22(26)19-23-8-4-6-10-27(23)32/h3-14,20-21,33-34H,15-19H2,1-2H3. The molecule has 0 aliphatic heterocycles. The summed E-state index contributed by atoms with van der Waals surface area (Å²) >= 11 is 0. The first kappa shape index (κ1) is 25.6. The van der Waals surface area contributed by atoms with Crippen molar-refractivity contribution in [1.82, 2.24) is 0 Å². The van der Waals surface area contributed by atoms with E-state index in [1.807, 2.05) is 24.3 Å². The Bertz CT molecular complexity index is 1310. The van der Waals surface area contributed by atoms with Crippen LogP contribution in [0.4, 0.5) is 0 Å². The Kier molecular flexibility index (Phi) is 7.54. The van der Waals surface area contributed by atoms with E-state index in [-0.39, 0.29) is 26.4 Å². The zero-order chi connectivity index (χ0) is 26.5. The van der Waals surface area contributed by atoms with E-state index in [4.69, 9.17) is 18.9 Å². The van der Waals surface area contributed by atoms with E-state index in [0.29, 0.717) is 23.0 Å². The van der Waals surface area contributed by atoms with E-state index in [0.717, 1.165) is 17.5 Å². The molecule has 6 nitrogen and oxygen atoms in total. The van der Waals surface area contributed by atoms with Crippen LogP contribution in [-0.4, -0.2) is 50.9 Å². The third-order valence-electron chi connectivity index (χ3n) is 7.11. The maximum atomic E-state index is 9.28. The fourth-order valence-corrected chi connectivity index (χ4v) is 5.57. The number of fused-ring (bicyclic) bond motifs is 2. The second kappa shape index (κ2) is 11.2. The number of ether oxygens (including phenoxy) is 4. The van der Waals surface area contributed by atoms with Gasteiger partial charge in [0.05, 0.1) is 32.8 Å². The first-order chi connectivity index (χ1) is 18.7. The summed E-state index contributed by atoms with van der Waals surface area (Å²) in [6.07, 6.45) is 0.831. The van der Waals surface area contributed by atoms with Gasteiger partial charge < -0.3 is 29.2 Å². The average Bonchev–Trinajstić information content (AvgIpc) is 2.97. The lowest BCUT2D eigenvalue weighted by atomic mass is 9.59. The largest absolute Gasteiger partial charge is 0.493 e.